The van der Waals surface area contributed by atoms with Gasteiger partial charge in [-0.05, 0) is 61.7 Å². The lowest BCUT2D eigenvalue weighted by Crippen LogP contribution is -2.54. The smallest absolute Gasteiger partial charge is 0.335 e. The van der Waals surface area contributed by atoms with Gasteiger partial charge in [0.15, 0.2) is 11.5 Å². The van der Waals surface area contributed by atoms with Crippen LogP contribution >= 0.6 is 11.6 Å². The van der Waals surface area contributed by atoms with Gasteiger partial charge in [0, 0.05) is 0 Å². The van der Waals surface area contributed by atoms with Gasteiger partial charge in [-0.15, -0.1) is 0 Å². The van der Waals surface area contributed by atoms with Crippen LogP contribution in [0.2, 0.25) is 5.02 Å². The SMILES string of the molecule is CCOc1cc(/C=C2\C(=O)NC(=O)N(c3cccc(C)c3C)C2=O)cc(Cl)c1OC. The number of carbonyl (C=O) groups is 3. The molecule has 156 valence electrons. The van der Waals surface area contributed by atoms with Crippen molar-refractivity contribution in [3.8, 4) is 11.5 Å². The molecule has 2 aromatic carbocycles. The van der Waals surface area contributed by atoms with E-state index in [1.807, 2.05) is 26.8 Å². The number of hydrogen-bond donors (Lipinski definition) is 1. The van der Waals surface area contributed by atoms with Gasteiger partial charge in [-0.1, -0.05) is 23.7 Å². The number of halogens is 1. The molecule has 0 saturated carbocycles. The highest BCUT2D eigenvalue weighted by atomic mass is 35.5. The van der Waals surface area contributed by atoms with Gasteiger partial charge in [-0.3, -0.25) is 14.9 Å². The lowest BCUT2D eigenvalue weighted by Gasteiger charge is -2.28. The lowest BCUT2D eigenvalue weighted by molar-refractivity contribution is -0.122. The fourth-order valence-corrected chi connectivity index (χ4v) is 3.45. The molecule has 8 heteroatoms. The van der Waals surface area contributed by atoms with E-state index >= 15 is 0 Å². The number of nitrogens with one attached hydrogen (secondary N) is 1. The van der Waals surface area contributed by atoms with Gasteiger partial charge in [-0.2, -0.15) is 0 Å². The van der Waals surface area contributed by atoms with Gasteiger partial charge in [-0.25, -0.2) is 9.69 Å². The number of imide groups is 2. The average Bonchev–Trinajstić information content (AvgIpc) is 2.68. The molecule has 0 aromatic heterocycles. The van der Waals surface area contributed by atoms with Crippen LogP contribution in [0.25, 0.3) is 6.08 Å². The normalized spacial score (nSPS) is 15.4. The van der Waals surface area contributed by atoms with Gasteiger partial charge in [0.2, 0.25) is 0 Å². The highest BCUT2D eigenvalue weighted by Crippen LogP contribution is 2.37. The van der Waals surface area contributed by atoms with Gasteiger partial charge < -0.3 is 9.47 Å². The zero-order chi connectivity index (χ0) is 22.0. The zero-order valence-electron chi connectivity index (χ0n) is 17.0. The number of carbonyl (C=O) groups excluding carboxylic acids is 3. The number of nitrogens with zero attached hydrogens (tertiary/aromatic N) is 1. The van der Waals surface area contributed by atoms with Gasteiger partial charge in [0.05, 0.1) is 24.4 Å². The fourth-order valence-electron chi connectivity index (χ4n) is 3.15. The Balaban J connectivity index is 2.08. The lowest BCUT2D eigenvalue weighted by atomic mass is 10.0. The molecule has 4 amide bonds. The second-order valence-electron chi connectivity index (χ2n) is 6.64. The Morgan fingerprint density at radius 3 is 2.57 bits per heavy atom. The monoisotopic (exact) mass is 428 g/mol. The highest BCUT2D eigenvalue weighted by molar-refractivity contribution is 6.39. The van der Waals surface area contributed by atoms with Crippen molar-refractivity contribution in [3.63, 3.8) is 0 Å². The number of benzene rings is 2. The summed E-state index contributed by atoms with van der Waals surface area (Å²) in [5, 5.41) is 2.49. The molecule has 0 bridgehead atoms. The molecule has 1 N–H and O–H groups in total. The number of aryl methyl sites for hydroxylation is 1. The molecule has 0 unspecified atom stereocenters. The van der Waals surface area contributed by atoms with E-state index in [4.69, 9.17) is 21.1 Å². The Labute approximate surface area is 179 Å². The van der Waals surface area contributed by atoms with E-state index in [-0.39, 0.29) is 10.6 Å². The van der Waals surface area contributed by atoms with E-state index in [0.717, 1.165) is 16.0 Å². The van der Waals surface area contributed by atoms with Crippen molar-refractivity contribution >= 4 is 41.2 Å². The van der Waals surface area contributed by atoms with Gasteiger partial charge >= 0.3 is 6.03 Å². The first-order valence-electron chi connectivity index (χ1n) is 9.26. The maximum Gasteiger partial charge on any atom is 0.335 e. The maximum atomic E-state index is 13.1. The van der Waals surface area contributed by atoms with E-state index < -0.39 is 17.8 Å². The van der Waals surface area contributed by atoms with E-state index in [9.17, 15) is 14.4 Å². The molecule has 1 saturated heterocycles. The predicted octanol–water partition coefficient (Wildman–Crippen LogP) is 4.03. The Hall–Kier alpha value is -3.32. The maximum absolute atomic E-state index is 13.1. The summed E-state index contributed by atoms with van der Waals surface area (Å²) in [6, 6.07) is 7.65. The van der Waals surface area contributed by atoms with Crippen LogP contribution in [-0.4, -0.2) is 31.6 Å². The fraction of sp³-hybridized carbons (Fsp3) is 0.227. The van der Waals surface area contributed by atoms with E-state index in [1.165, 1.54) is 13.2 Å². The van der Waals surface area contributed by atoms with E-state index in [1.54, 1.807) is 24.3 Å². The number of anilines is 1. The minimum Gasteiger partial charge on any atom is -0.491 e. The first-order valence-corrected chi connectivity index (χ1v) is 9.64. The van der Waals surface area contributed by atoms with E-state index in [0.29, 0.717) is 29.4 Å². The number of ether oxygens (including phenoxy) is 2. The summed E-state index contributed by atoms with van der Waals surface area (Å²) in [6.07, 6.45) is 1.37. The van der Waals surface area contributed by atoms with Crippen LogP contribution < -0.4 is 19.7 Å². The van der Waals surface area contributed by atoms with Crippen molar-refractivity contribution in [1.82, 2.24) is 5.32 Å². The molecule has 0 radical (unpaired) electrons. The molecular weight excluding hydrogens is 408 g/mol. The van der Waals surface area contributed by atoms with Crippen LogP contribution in [0.3, 0.4) is 0 Å². The standard InChI is InChI=1S/C22H21ClN2O5/c1-5-30-18-11-14(10-16(23)19(18)29-4)9-15-20(26)24-22(28)25(21(15)27)17-8-6-7-12(2)13(17)3/h6-11H,5H2,1-4H3,(H,24,26,28)/b15-9+. The molecule has 1 fully saturated rings. The van der Waals surface area contributed by atoms with E-state index in [2.05, 4.69) is 5.32 Å². The summed E-state index contributed by atoms with van der Waals surface area (Å²) in [7, 11) is 1.47. The number of rotatable bonds is 5. The summed E-state index contributed by atoms with van der Waals surface area (Å²) in [5.74, 6) is -0.767. The third-order valence-corrected chi connectivity index (χ3v) is 5.05. The van der Waals surface area contributed by atoms with Crippen molar-refractivity contribution in [2.45, 2.75) is 20.8 Å². The zero-order valence-corrected chi connectivity index (χ0v) is 17.8. The molecule has 30 heavy (non-hydrogen) atoms. The van der Waals surface area contributed by atoms with Crippen molar-refractivity contribution in [1.29, 1.82) is 0 Å². The average molecular weight is 429 g/mol. The van der Waals surface area contributed by atoms with Crippen LogP contribution in [0.4, 0.5) is 10.5 Å². The van der Waals surface area contributed by atoms with Gasteiger partial charge in [0.1, 0.15) is 5.57 Å². The number of methoxy groups -OCH3 is 1. The summed E-state index contributed by atoms with van der Waals surface area (Å²) in [5.41, 5.74) is 2.36. The summed E-state index contributed by atoms with van der Waals surface area (Å²) >= 11 is 6.26. The first kappa shape index (κ1) is 21.4. The van der Waals surface area contributed by atoms with Crippen LogP contribution in [-0.2, 0) is 9.59 Å². The Morgan fingerprint density at radius 2 is 1.90 bits per heavy atom. The molecule has 7 nitrogen and oxygen atoms in total. The summed E-state index contributed by atoms with van der Waals surface area (Å²) < 4.78 is 10.8. The Bertz CT molecular complexity index is 1080. The molecule has 1 aliphatic heterocycles. The molecule has 0 spiro atoms. The number of urea groups is 1. The molecule has 0 atom stereocenters. The molecular formula is C22H21ClN2O5. The third kappa shape index (κ3) is 3.89. The summed E-state index contributed by atoms with van der Waals surface area (Å²) in [4.78, 5) is 39.0. The first-order chi connectivity index (χ1) is 14.3. The quantitative estimate of drug-likeness (QED) is 0.574. The van der Waals surface area contributed by atoms with Crippen molar-refractivity contribution < 1.29 is 23.9 Å². The minimum absolute atomic E-state index is 0.195. The minimum atomic E-state index is -0.793. The van der Waals surface area contributed by atoms with Gasteiger partial charge in [0.25, 0.3) is 11.8 Å². The van der Waals surface area contributed by atoms with Crippen molar-refractivity contribution in [2.75, 3.05) is 18.6 Å². The van der Waals surface area contributed by atoms with Crippen molar-refractivity contribution in [2.24, 2.45) is 0 Å². The topological polar surface area (TPSA) is 84.9 Å². The molecule has 0 aliphatic carbocycles. The van der Waals surface area contributed by atoms with Crippen LogP contribution in [0.5, 0.6) is 11.5 Å². The van der Waals surface area contributed by atoms with Crippen LogP contribution in [0.15, 0.2) is 35.9 Å². The molecule has 2 aromatic rings. The molecule has 3 rings (SSSR count). The summed E-state index contributed by atoms with van der Waals surface area (Å²) in [6.45, 7) is 5.87. The second-order valence-corrected chi connectivity index (χ2v) is 7.05. The molecule has 1 heterocycles. The second kappa shape index (κ2) is 8.59. The van der Waals surface area contributed by atoms with Crippen LogP contribution in [0, 0.1) is 13.8 Å². The van der Waals surface area contributed by atoms with Crippen molar-refractivity contribution in [3.05, 3.63) is 57.6 Å². The molecule has 1 aliphatic rings. The Morgan fingerprint density at radius 1 is 1.17 bits per heavy atom. The third-order valence-electron chi connectivity index (χ3n) is 4.77. The largest absolute Gasteiger partial charge is 0.491 e. The highest BCUT2D eigenvalue weighted by Gasteiger charge is 2.37. The Kier molecular flexibility index (Phi) is 6.12. The number of barbiturate groups is 1. The number of hydrogen-bond acceptors (Lipinski definition) is 5. The predicted molar refractivity (Wildman–Crippen MR) is 114 cm³/mol. The van der Waals surface area contributed by atoms with Crippen LogP contribution in [0.1, 0.15) is 23.6 Å². The number of amides is 4.